The van der Waals surface area contributed by atoms with Crippen molar-refractivity contribution in [1.82, 2.24) is 0 Å². The second-order valence-electron chi connectivity index (χ2n) is 5.54. The molecular formula is C10H22O4Si3. The zero-order valence-corrected chi connectivity index (χ0v) is 14.5. The first kappa shape index (κ1) is 16.8. The van der Waals surface area contributed by atoms with Crippen molar-refractivity contribution >= 4 is 32.4 Å². The van der Waals surface area contributed by atoms with E-state index in [1.807, 2.05) is 0 Å². The van der Waals surface area contributed by atoms with Crippen LogP contribution in [-0.4, -0.2) is 38.3 Å². The van der Waals surface area contributed by atoms with Gasteiger partial charge in [0.2, 0.25) is 0 Å². The molecule has 0 rings (SSSR count). The van der Waals surface area contributed by atoms with Gasteiger partial charge in [-0.3, -0.25) is 0 Å². The minimum Gasteiger partial charge on any atom is -0.508 e. The third kappa shape index (κ3) is 10.6. The lowest BCUT2D eigenvalue weighted by Gasteiger charge is -2.30. The van der Waals surface area contributed by atoms with E-state index in [1.165, 1.54) is 0 Å². The number of rotatable bonds is 7. The summed E-state index contributed by atoms with van der Waals surface area (Å²) < 4.78 is 16.7. The van der Waals surface area contributed by atoms with Gasteiger partial charge >= 0.3 is 15.7 Å². The van der Waals surface area contributed by atoms with Gasteiger partial charge in [0.1, 0.15) is 0 Å². The van der Waals surface area contributed by atoms with Crippen LogP contribution in [0.3, 0.4) is 0 Å². The summed E-state index contributed by atoms with van der Waals surface area (Å²) >= 11 is 0. The van der Waals surface area contributed by atoms with Gasteiger partial charge in [0, 0.05) is 6.08 Å². The summed E-state index contributed by atoms with van der Waals surface area (Å²) in [5.74, 6) is -0.871. The highest BCUT2D eigenvalue weighted by atomic mass is 28.4. The van der Waals surface area contributed by atoms with E-state index >= 15 is 0 Å². The highest BCUT2D eigenvalue weighted by Gasteiger charge is 2.29. The molecule has 0 fully saturated rings. The van der Waals surface area contributed by atoms with Crippen LogP contribution in [0.1, 0.15) is 0 Å². The molecule has 0 N–H and O–H groups in total. The maximum Gasteiger partial charge on any atom is 0.378 e. The molecule has 98 valence electrons. The molecule has 0 aliphatic heterocycles. The topological polar surface area (TPSA) is 44.8 Å². The summed E-state index contributed by atoms with van der Waals surface area (Å²) in [4.78, 5) is 11.0. The molecule has 0 aromatic heterocycles. The number of carbonyl (C=O) groups excluding carboxylic acids is 1. The molecule has 0 aromatic rings. The molecule has 0 spiro atoms. The maximum absolute atomic E-state index is 11.0. The van der Waals surface area contributed by atoms with Crippen molar-refractivity contribution in [2.45, 2.75) is 45.2 Å². The average molecular weight is 291 g/mol. The lowest BCUT2D eigenvalue weighted by molar-refractivity contribution is -0.129. The molecule has 0 aliphatic rings. The molecule has 0 bridgehead atoms. The Morgan fingerprint density at radius 2 is 1.53 bits per heavy atom. The van der Waals surface area contributed by atoms with Crippen LogP contribution in [0.25, 0.3) is 0 Å². The molecule has 0 saturated carbocycles. The summed E-state index contributed by atoms with van der Waals surface area (Å²) in [7, 11) is -3.57. The van der Waals surface area contributed by atoms with Crippen LogP contribution in [0.2, 0.25) is 39.3 Å². The monoisotopic (exact) mass is 290 g/mol. The molecule has 0 unspecified atom stereocenters. The van der Waals surface area contributed by atoms with E-state index in [9.17, 15) is 4.79 Å². The molecule has 0 heterocycles. The molecule has 4 nitrogen and oxygen atoms in total. The Bertz CT molecular complexity index is 252. The third-order valence-electron chi connectivity index (χ3n) is 1.34. The third-order valence-corrected chi connectivity index (χ3v) is 4.40. The first-order chi connectivity index (χ1) is 7.53. The van der Waals surface area contributed by atoms with Gasteiger partial charge in [0.25, 0.3) is 0 Å². The molecule has 2 radical (unpaired) electrons. The molecule has 0 saturated heterocycles. The van der Waals surface area contributed by atoms with Gasteiger partial charge in [-0.25, -0.2) is 4.79 Å². The van der Waals surface area contributed by atoms with Crippen LogP contribution in [-0.2, 0) is 18.1 Å². The summed E-state index contributed by atoms with van der Waals surface area (Å²) in [6, 6.07) is 0. The van der Waals surface area contributed by atoms with Gasteiger partial charge in [-0.1, -0.05) is 6.58 Å². The normalized spacial score (nSPS) is 12.6. The van der Waals surface area contributed by atoms with Gasteiger partial charge in [-0.15, -0.1) is 0 Å². The lowest BCUT2D eigenvalue weighted by atomic mass is 10.7. The van der Waals surface area contributed by atoms with Crippen LogP contribution < -0.4 is 0 Å². The number of hydrogen-bond donors (Lipinski definition) is 0. The zero-order chi connectivity index (χ0) is 13.7. The van der Waals surface area contributed by atoms with Gasteiger partial charge in [0.15, 0.2) is 22.5 Å². The summed E-state index contributed by atoms with van der Waals surface area (Å²) in [5.41, 5.74) is 0. The van der Waals surface area contributed by atoms with Crippen molar-refractivity contribution in [1.29, 1.82) is 0 Å². The Labute approximate surface area is 109 Å². The lowest BCUT2D eigenvalue weighted by Crippen LogP contribution is -2.44. The van der Waals surface area contributed by atoms with Crippen molar-refractivity contribution in [2.24, 2.45) is 0 Å². The van der Waals surface area contributed by atoms with Crippen molar-refractivity contribution in [3.05, 3.63) is 12.7 Å². The van der Waals surface area contributed by atoms with Gasteiger partial charge < -0.3 is 13.3 Å². The molecular weight excluding hydrogens is 268 g/mol. The quantitative estimate of drug-likeness (QED) is 0.410. The Morgan fingerprint density at radius 1 is 1.12 bits per heavy atom. The van der Waals surface area contributed by atoms with E-state index in [2.05, 4.69) is 45.9 Å². The summed E-state index contributed by atoms with van der Waals surface area (Å²) in [6.45, 7) is 15.8. The minimum atomic E-state index is -1.72. The first-order valence-corrected chi connectivity index (χ1v) is 13.3. The fraction of sp³-hybridized carbons (Fsp3) is 0.700. The van der Waals surface area contributed by atoms with Crippen molar-refractivity contribution in [2.75, 3.05) is 0 Å². The average Bonchev–Trinajstić information content (AvgIpc) is 2.08. The van der Waals surface area contributed by atoms with Crippen LogP contribution in [0.4, 0.5) is 0 Å². The van der Waals surface area contributed by atoms with Crippen LogP contribution >= 0.6 is 0 Å². The van der Waals surface area contributed by atoms with Gasteiger partial charge in [-0.05, 0) is 39.3 Å². The van der Waals surface area contributed by atoms with E-state index in [1.54, 1.807) is 0 Å². The molecule has 0 aliphatic carbocycles. The Balaban J connectivity index is 4.41. The van der Waals surface area contributed by atoms with Crippen molar-refractivity contribution < 1.29 is 18.1 Å². The van der Waals surface area contributed by atoms with Gasteiger partial charge in [0.05, 0.1) is 0 Å². The van der Waals surface area contributed by atoms with E-state index in [-0.39, 0.29) is 9.76 Å². The zero-order valence-electron chi connectivity index (χ0n) is 11.5. The largest absolute Gasteiger partial charge is 0.508 e. The van der Waals surface area contributed by atoms with Crippen molar-refractivity contribution in [3.8, 4) is 0 Å². The highest BCUT2D eigenvalue weighted by Crippen LogP contribution is 2.13. The first-order valence-electron chi connectivity index (χ1n) is 5.48. The summed E-state index contributed by atoms with van der Waals surface area (Å²) in [6.07, 6.45) is 1.15. The van der Waals surface area contributed by atoms with Crippen LogP contribution in [0.15, 0.2) is 12.7 Å². The molecule has 0 aromatic carbocycles. The van der Waals surface area contributed by atoms with E-state index in [4.69, 9.17) is 13.3 Å². The molecule has 17 heavy (non-hydrogen) atoms. The molecule has 0 amide bonds. The smallest absolute Gasteiger partial charge is 0.378 e. The van der Waals surface area contributed by atoms with Gasteiger partial charge in [-0.2, -0.15) is 0 Å². The predicted octanol–water partition coefficient (Wildman–Crippen LogP) is 2.32. The van der Waals surface area contributed by atoms with E-state index in [0.717, 1.165) is 6.08 Å². The van der Waals surface area contributed by atoms with Crippen LogP contribution in [0, 0.1) is 0 Å². The Kier molecular flexibility index (Phi) is 6.56. The van der Waals surface area contributed by atoms with E-state index in [0.29, 0.717) is 0 Å². The number of carbonyl (C=O) groups is 1. The maximum atomic E-state index is 11.0. The SMILES string of the molecule is C=CC(=O)O[Si]C(O[Si](C)(C)C)O[Si](C)(C)C. The van der Waals surface area contributed by atoms with Crippen LogP contribution in [0.5, 0.6) is 0 Å². The minimum absolute atomic E-state index is 0.138. The highest BCUT2D eigenvalue weighted by molar-refractivity contribution is 6.71. The second kappa shape index (κ2) is 6.64. The molecule has 0 atom stereocenters. The predicted molar refractivity (Wildman–Crippen MR) is 74.7 cm³/mol. The fourth-order valence-electron chi connectivity index (χ4n) is 0.862. The Hall–Kier alpha value is -0.219. The fourth-order valence-corrected chi connectivity index (χ4v) is 5.14. The van der Waals surface area contributed by atoms with E-state index < -0.39 is 28.5 Å². The van der Waals surface area contributed by atoms with Crippen molar-refractivity contribution in [3.63, 3.8) is 0 Å². The Morgan fingerprint density at radius 3 is 1.82 bits per heavy atom. The second-order valence-corrected chi connectivity index (χ2v) is 15.4. The summed E-state index contributed by atoms with van der Waals surface area (Å²) in [5, 5.41) is 0. The number of hydrogen-bond acceptors (Lipinski definition) is 4. The standard InChI is InChI=1S/C10H22O4Si3/c1-8-9(11)12-15-10(13-16(2,3)4)14-17(5,6)7/h8,10H,1H2,2-7H3. The molecule has 7 heteroatoms.